The van der Waals surface area contributed by atoms with Crippen molar-refractivity contribution in [3.05, 3.63) is 54.2 Å². The summed E-state index contributed by atoms with van der Waals surface area (Å²) in [5, 5.41) is 0. The van der Waals surface area contributed by atoms with Crippen LogP contribution in [0.4, 0.5) is 0 Å². The molecule has 114 valence electrons. The molecule has 1 aromatic heterocycles. The normalized spacial score (nSPS) is 10.7. The van der Waals surface area contributed by atoms with Crippen LogP contribution in [-0.4, -0.2) is 4.98 Å². The Kier molecular flexibility index (Phi) is 7.14. The van der Waals surface area contributed by atoms with E-state index in [2.05, 4.69) is 70.8 Å². The van der Waals surface area contributed by atoms with E-state index in [0.29, 0.717) is 5.92 Å². The van der Waals surface area contributed by atoms with E-state index in [-0.39, 0.29) is 0 Å². The largest absolute Gasteiger partial charge is 0.256 e. The molecule has 0 unspecified atom stereocenters. The molecular weight excluding hydrogens is 254 g/mol. The highest BCUT2D eigenvalue weighted by Crippen LogP contribution is 2.20. The third kappa shape index (κ3) is 6.12. The SMILES string of the molecule is CC(C)C(C)C.CC(C)c1ccc(-c2ccccn2)cc1. The van der Waals surface area contributed by atoms with Crippen LogP contribution in [0.25, 0.3) is 11.3 Å². The molecule has 1 heteroatoms. The quantitative estimate of drug-likeness (QED) is 0.656. The summed E-state index contributed by atoms with van der Waals surface area (Å²) in [5.41, 5.74) is 3.59. The Morgan fingerprint density at radius 3 is 1.67 bits per heavy atom. The van der Waals surface area contributed by atoms with Gasteiger partial charge in [0.15, 0.2) is 0 Å². The molecule has 0 atom stereocenters. The third-order valence-electron chi connectivity index (χ3n) is 3.87. The van der Waals surface area contributed by atoms with E-state index in [1.165, 1.54) is 11.1 Å². The molecule has 0 spiro atoms. The van der Waals surface area contributed by atoms with E-state index < -0.39 is 0 Å². The summed E-state index contributed by atoms with van der Waals surface area (Å²) in [7, 11) is 0. The molecule has 21 heavy (non-hydrogen) atoms. The first-order chi connectivity index (χ1) is 9.91. The average molecular weight is 283 g/mol. The van der Waals surface area contributed by atoms with E-state index in [1.54, 1.807) is 0 Å². The van der Waals surface area contributed by atoms with Crippen molar-refractivity contribution in [1.29, 1.82) is 0 Å². The van der Waals surface area contributed by atoms with Crippen LogP contribution in [0.15, 0.2) is 48.7 Å². The van der Waals surface area contributed by atoms with Crippen LogP contribution in [-0.2, 0) is 0 Å². The van der Waals surface area contributed by atoms with Gasteiger partial charge in [0.25, 0.3) is 0 Å². The first kappa shape index (κ1) is 17.4. The Bertz CT molecular complexity index is 489. The lowest BCUT2D eigenvalue weighted by Gasteiger charge is -2.06. The summed E-state index contributed by atoms with van der Waals surface area (Å²) in [6.45, 7) is 13.4. The molecule has 0 bridgehead atoms. The van der Waals surface area contributed by atoms with Gasteiger partial charge in [-0.05, 0) is 35.4 Å². The Labute approximate surface area is 130 Å². The Hall–Kier alpha value is -1.63. The molecule has 2 rings (SSSR count). The minimum absolute atomic E-state index is 0.586. The highest BCUT2D eigenvalue weighted by atomic mass is 14.7. The lowest BCUT2D eigenvalue weighted by atomic mass is 10.0. The van der Waals surface area contributed by atoms with Gasteiger partial charge < -0.3 is 0 Å². The average Bonchev–Trinajstić information content (AvgIpc) is 2.49. The minimum Gasteiger partial charge on any atom is -0.256 e. The van der Waals surface area contributed by atoms with Gasteiger partial charge in [-0.15, -0.1) is 0 Å². The van der Waals surface area contributed by atoms with Gasteiger partial charge in [0.05, 0.1) is 5.69 Å². The van der Waals surface area contributed by atoms with E-state index in [4.69, 9.17) is 0 Å². The summed E-state index contributed by atoms with van der Waals surface area (Å²) in [6, 6.07) is 14.6. The molecular formula is C20H29N. The van der Waals surface area contributed by atoms with Crippen molar-refractivity contribution in [1.82, 2.24) is 4.98 Å². The maximum absolute atomic E-state index is 4.32. The first-order valence-electron chi connectivity index (χ1n) is 7.93. The Balaban J connectivity index is 0.000000315. The fraction of sp³-hybridized carbons (Fsp3) is 0.450. The minimum atomic E-state index is 0.586. The second-order valence-corrected chi connectivity index (χ2v) is 6.48. The van der Waals surface area contributed by atoms with Crippen molar-refractivity contribution in [2.45, 2.75) is 47.5 Å². The van der Waals surface area contributed by atoms with Crippen molar-refractivity contribution in [3.63, 3.8) is 0 Å². The number of nitrogens with zero attached hydrogens (tertiary/aromatic N) is 1. The van der Waals surface area contributed by atoms with Crippen LogP contribution < -0.4 is 0 Å². The molecule has 0 saturated heterocycles. The van der Waals surface area contributed by atoms with E-state index >= 15 is 0 Å². The topological polar surface area (TPSA) is 12.9 Å². The van der Waals surface area contributed by atoms with Crippen molar-refractivity contribution in [2.75, 3.05) is 0 Å². The lowest BCUT2D eigenvalue weighted by Crippen LogP contribution is -1.95. The second kappa shape index (κ2) is 8.61. The summed E-state index contributed by atoms with van der Waals surface area (Å²) in [4.78, 5) is 4.32. The Morgan fingerprint density at radius 2 is 1.29 bits per heavy atom. The monoisotopic (exact) mass is 283 g/mol. The Morgan fingerprint density at radius 1 is 0.714 bits per heavy atom. The molecule has 0 fully saturated rings. The van der Waals surface area contributed by atoms with E-state index in [0.717, 1.165) is 17.5 Å². The number of benzene rings is 1. The van der Waals surface area contributed by atoms with Crippen molar-refractivity contribution >= 4 is 0 Å². The maximum Gasteiger partial charge on any atom is 0.0701 e. The fourth-order valence-electron chi connectivity index (χ4n) is 1.57. The molecule has 0 aliphatic carbocycles. The van der Waals surface area contributed by atoms with Gasteiger partial charge in [-0.1, -0.05) is 71.9 Å². The van der Waals surface area contributed by atoms with E-state index in [9.17, 15) is 0 Å². The number of rotatable bonds is 3. The molecule has 1 heterocycles. The lowest BCUT2D eigenvalue weighted by molar-refractivity contribution is 0.457. The molecule has 0 saturated carbocycles. The van der Waals surface area contributed by atoms with Gasteiger partial charge in [-0.2, -0.15) is 0 Å². The van der Waals surface area contributed by atoms with Crippen LogP contribution in [0.2, 0.25) is 0 Å². The van der Waals surface area contributed by atoms with Crippen LogP contribution >= 0.6 is 0 Å². The molecule has 0 aliphatic rings. The molecule has 1 nitrogen and oxygen atoms in total. The molecule has 0 aliphatic heterocycles. The number of hydrogen-bond acceptors (Lipinski definition) is 1. The zero-order valence-corrected chi connectivity index (χ0v) is 14.3. The highest BCUT2D eigenvalue weighted by molar-refractivity contribution is 5.59. The van der Waals surface area contributed by atoms with Gasteiger partial charge >= 0.3 is 0 Å². The summed E-state index contributed by atoms with van der Waals surface area (Å²) in [5.74, 6) is 2.29. The van der Waals surface area contributed by atoms with Crippen molar-refractivity contribution < 1.29 is 0 Å². The smallest absolute Gasteiger partial charge is 0.0701 e. The van der Waals surface area contributed by atoms with Crippen LogP contribution in [0.1, 0.15) is 53.0 Å². The molecule has 0 radical (unpaired) electrons. The molecule has 2 aromatic rings. The molecule has 1 aromatic carbocycles. The number of aromatic nitrogens is 1. The van der Waals surface area contributed by atoms with Gasteiger partial charge in [0, 0.05) is 11.8 Å². The summed E-state index contributed by atoms with van der Waals surface area (Å²) < 4.78 is 0. The zero-order valence-electron chi connectivity index (χ0n) is 14.3. The third-order valence-corrected chi connectivity index (χ3v) is 3.87. The van der Waals surface area contributed by atoms with Crippen LogP contribution in [0, 0.1) is 11.8 Å². The number of hydrogen-bond donors (Lipinski definition) is 0. The van der Waals surface area contributed by atoms with Crippen molar-refractivity contribution in [2.24, 2.45) is 11.8 Å². The first-order valence-corrected chi connectivity index (χ1v) is 7.93. The fourth-order valence-corrected chi connectivity index (χ4v) is 1.57. The van der Waals surface area contributed by atoms with Crippen molar-refractivity contribution in [3.8, 4) is 11.3 Å². The predicted octanol–water partition coefficient (Wildman–Crippen LogP) is 6.17. The number of pyridine rings is 1. The van der Waals surface area contributed by atoms with Gasteiger partial charge in [0.2, 0.25) is 0 Å². The standard InChI is InChI=1S/C14H15N.C6H14/c1-11(2)12-6-8-13(9-7-12)14-5-3-4-10-15-14;1-5(2)6(3)4/h3-11H,1-2H3;5-6H,1-4H3. The zero-order chi connectivity index (χ0) is 15.8. The molecule has 0 amide bonds. The molecule has 0 N–H and O–H groups in total. The summed E-state index contributed by atoms with van der Waals surface area (Å²) in [6.07, 6.45) is 1.83. The van der Waals surface area contributed by atoms with Crippen LogP contribution in [0.5, 0.6) is 0 Å². The van der Waals surface area contributed by atoms with Gasteiger partial charge in [-0.25, -0.2) is 0 Å². The maximum atomic E-state index is 4.32. The van der Waals surface area contributed by atoms with E-state index in [1.807, 2.05) is 24.4 Å². The highest BCUT2D eigenvalue weighted by Gasteiger charge is 2.00. The van der Waals surface area contributed by atoms with Gasteiger partial charge in [-0.3, -0.25) is 4.98 Å². The van der Waals surface area contributed by atoms with Crippen LogP contribution in [0.3, 0.4) is 0 Å². The predicted molar refractivity (Wildman–Crippen MR) is 93.4 cm³/mol. The second-order valence-electron chi connectivity index (χ2n) is 6.48. The summed E-state index contributed by atoms with van der Waals surface area (Å²) >= 11 is 0. The van der Waals surface area contributed by atoms with Gasteiger partial charge in [0.1, 0.15) is 0 Å².